The molecule has 0 spiro atoms. The number of aromatic nitrogens is 1. The van der Waals surface area contributed by atoms with E-state index in [4.69, 9.17) is 0 Å². The van der Waals surface area contributed by atoms with E-state index in [2.05, 4.69) is 38.9 Å². The number of hydrogen-bond acceptors (Lipinski definition) is 0. The molecular weight excluding hydrogens is 146 g/mol. The zero-order chi connectivity index (χ0) is 9.14. The first-order chi connectivity index (χ1) is 5.70. The molecule has 0 radical (unpaired) electrons. The molecule has 0 aliphatic heterocycles. The summed E-state index contributed by atoms with van der Waals surface area (Å²) in [5, 5.41) is 0. The molecule has 1 heteroatoms. The minimum Gasteiger partial charge on any atom is -0.364 e. The van der Waals surface area contributed by atoms with Gasteiger partial charge in [0.25, 0.3) is 0 Å². The highest BCUT2D eigenvalue weighted by Crippen LogP contribution is 2.24. The van der Waals surface area contributed by atoms with Crippen LogP contribution in [0.3, 0.4) is 0 Å². The van der Waals surface area contributed by atoms with Gasteiger partial charge in [0, 0.05) is 11.9 Å². The fraction of sp³-hybridized carbons (Fsp3) is 0.636. The zero-order valence-electron chi connectivity index (χ0n) is 8.57. The van der Waals surface area contributed by atoms with Crippen LogP contribution in [0, 0.1) is 0 Å². The van der Waals surface area contributed by atoms with Crippen LogP contribution in [-0.2, 0) is 12.8 Å². The largest absolute Gasteiger partial charge is 0.364 e. The number of nitrogens with one attached hydrogen (secondary N) is 1. The minimum absolute atomic E-state index is 0.654. The van der Waals surface area contributed by atoms with Gasteiger partial charge in [-0.2, -0.15) is 0 Å². The maximum Gasteiger partial charge on any atom is 0.0182 e. The van der Waals surface area contributed by atoms with Crippen molar-refractivity contribution in [2.45, 2.75) is 46.5 Å². The topological polar surface area (TPSA) is 15.8 Å². The molecule has 0 fully saturated rings. The second-order valence-electron chi connectivity index (χ2n) is 3.57. The second-order valence-corrected chi connectivity index (χ2v) is 3.57. The van der Waals surface area contributed by atoms with Gasteiger partial charge in [0.2, 0.25) is 0 Å². The minimum atomic E-state index is 0.654. The van der Waals surface area contributed by atoms with Crippen molar-refractivity contribution >= 4 is 0 Å². The lowest BCUT2D eigenvalue weighted by Crippen LogP contribution is -1.95. The molecule has 68 valence electrons. The van der Waals surface area contributed by atoms with Crippen LogP contribution in [0.2, 0.25) is 0 Å². The van der Waals surface area contributed by atoms with E-state index in [1.807, 2.05) is 0 Å². The number of aryl methyl sites for hydroxylation is 2. The molecule has 1 aromatic heterocycles. The third kappa shape index (κ3) is 1.55. The first-order valence-electron chi connectivity index (χ1n) is 4.89. The van der Waals surface area contributed by atoms with E-state index in [-0.39, 0.29) is 0 Å². The summed E-state index contributed by atoms with van der Waals surface area (Å²) in [5.41, 5.74) is 4.45. The molecule has 0 unspecified atom stereocenters. The van der Waals surface area contributed by atoms with Crippen molar-refractivity contribution in [3.63, 3.8) is 0 Å². The number of rotatable bonds is 3. The van der Waals surface area contributed by atoms with Crippen LogP contribution in [-0.4, -0.2) is 4.98 Å². The lowest BCUT2D eigenvalue weighted by Gasteiger charge is -2.08. The SMILES string of the molecule is CCc1c[nH]c(CC)c1C(C)C. The van der Waals surface area contributed by atoms with Crippen LogP contribution < -0.4 is 0 Å². The van der Waals surface area contributed by atoms with E-state index in [0.717, 1.165) is 12.8 Å². The molecule has 0 bridgehead atoms. The van der Waals surface area contributed by atoms with Crippen molar-refractivity contribution in [2.75, 3.05) is 0 Å². The Hall–Kier alpha value is -0.720. The lowest BCUT2D eigenvalue weighted by molar-refractivity contribution is 0.826. The van der Waals surface area contributed by atoms with Crippen molar-refractivity contribution in [1.29, 1.82) is 0 Å². The first kappa shape index (κ1) is 9.37. The van der Waals surface area contributed by atoms with Crippen molar-refractivity contribution in [3.05, 3.63) is 23.0 Å². The van der Waals surface area contributed by atoms with Gasteiger partial charge in [-0.1, -0.05) is 27.7 Å². The Labute approximate surface area is 75.2 Å². The Morgan fingerprint density at radius 3 is 2.33 bits per heavy atom. The second kappa shape index (κ2) is 3.79. The fourth-order valence-corrected chi connectivity index (χ4v) is 1.83. The van der Waals surface area contributed by atoms with Crippen molar-refractivity contribution in [1.82, 2.24) is 4.98 Å². The summed E-state index contributed by atoms with van der Waals surface area (Å²) in [6.45, 7) is 8.95. The molecule has 1 aromatic rings. The first-order valence-corrected chi connectivity index (χ1v) is 4.89. The summed E-state index contributed by atoms with van der Waals surface area (Å²) in [5.74, 6) is 0.654. The molecule has 0 aliphatic rings. The third-order valence-electron chi connectivity index (χ3n) is 2.40. The number of hydrogen-bond donors (Lipinski definition) is 1. The predicted octanol–water partition coefficient (Wildman–Crippen LogP) is 3.26. The Bertz CT molecular complexity index is 224. The van der Waals surface area contributed by atoms with Crippen LogP contribution >= 0.6 is 0 Å². The Balaban J connectivity index is 3.07. The quantitative estimate of drug-likeness (QED) is 0.707. The van der Waals surface area contributed by atoms with Gasteiger partial charge in [-0.25, -0.2) is 0 Å². The molecule has 1 rings (SSSR count). The van der Waals surface area contributed by atoms with E-state index in [9.17, 15) is 0 Å². The van der Waals surface area contributed by atoms with E-state index in [0.29, 0.717) is 5.92 Å². The van der Waals surface area contributed by atoms with Crippen LogP contribution in [0.4, 0.5) is 0 Å². The summed E-state index contributed by atoms with van der Waals surface area (Å²) in [4.78, 5) is 3.36. The normalized spacial score (nSPS) is 11.1. The number of aromatic amines is 1. The predicted molar refractivity (Wildman–Crippen MR) is 53.6 cm³/mol. The number of H-pyrrole nitrogens is 1. The summed E-state index contributed by atoms with van der Waals surface area (Å²) in [6, 6.07) is 0. The zero-order valence-corrected chi connectivity index (χ0v) is 8.57. The van der Waals surface area contributed by atoms with Gasteiger partial charge in [0.05, 0.1) is 0 Å². The summed E-state index contributed by atoms with van der Waals surface area (Å²) in [6.07, 6.45) is 4.42. The molecule has 0 saturated carbocycles. The highest BCUT2D eigenvalue weighted by atomic mass is 14.7. The molecule has 1 nitrogen and oxygen atoms in total. The van der Waals surface area contributed by atoms with Crippen molar-refractivity contribution < 1.29 is 0 Å². The average molecular weight is 165 g/mol. The molecule has 0 amide bonds. The van der Waals surface area contributed by atoms with E-state index < -0.39 is 0 Å². The van der Waals surface area contributed by atoms with Gasteiger partial charge in [0.1, 0.15) is 0 Å². The molecule has 1 heterocycles. The summed E-state index contributed by atoms with van der Waals surface area (Å²) >= 11 is 0. The molecular formula is C11H19N. The van der Waals surface area contributed by atoms with E-state index in [1.54, 1.807) is 5.56 Å². The van der Waals surface area contributed by atoms with Gasteiger partial charge in [0.15, 0.2) is 0 Å². The molecule has 1 N–H and O–H groups in total. The average Bonchev–Trinajstić information content (AvgIpc) is 2.46. The van der Waals surface area contributed by atoms with Crippen LogP contribution in [0.1, 0.15) is 50.4 Å². The van der Waals surface area contributed by atoms with E-state index >= 15 is 0 Å². The summed E-state index contributed by atoms with van der Waals surface area (Å²) < 4.78 is 0. The van der Waals surface area contributed by atoms with Gasteiger partial charge in [-0.15, -0.1) is 0 Å². The molecule has 0 aromatic carbocycles. The van der Waals surface area contributed by atoms with Gasteiger partial charge < -0.3 is 4.98 Å². The Morgan fingerprint density at radius 1 is 1.25 bits per heavy atom. The fourth-order valence-electron chi connectivity index (χ4n) is 1.83. The maximum absolute atomic E-state index is 3.36. The highest BCUT2D eigenvalue weighted by molar-refractivity contribution is 5.33. The van der Waals surface area contributed by atoms with Gasteiger partial charge in [-0.05, 0) is 29.9 Å². The smallest absolute Gasteiger partial charge is 0.0182 e. The molecule has 0 atom stereocenters. The van der Waals surface area contributed by atoms with Crippen molar-refractivity contribution in [2.24, 2.45) is 0 Å². The van der Waals surface area contributed by atoms with Crippen LogP contribution in [0.25, 0.3) is 0 Å². The standard InChI is InChI=1S/C11H19N/c1-5-9-7-12-10(6-2)11(9)8(3)4/h7-8,12H,5-6H2,1-4H3. The summed E-state index contributed by atoms with van der Waals surface area (Å²) in [7, 11) is 0. The van der Waals surface area contributed by atoms with Gasteiger partial charge >= 0.3 is 0 Å². The lowest BCUT2D eigenvalue weighted by atomic mass is 9.97. The Morgan fingerprint density at radius 2 is 1.92 bits per heavy atom. The van der Waals surface area contributed by atoms with Crippen LogP contribution in [0.5, 0.6) is 0 Å². The Kier molecular flexibility index (Phi) is 2.96. The van der Waals surface area contributed by atoms with Crippen molar-refractivity contribution in [3.8, 4) is 0 Å². The van der Waals surface area contributed by atoms with E-state index in [1.165, 1.54) is 11.3 Å². The highest BCUT2D eigenvalue weighted by Gasteiger charge is 2.11. The maximum atomic E-state index is 3.36. The molecule has 0 aliphatic carbocycles. The van der Waals surface area contributed by atoms with Crippen LogP contribution in [0.15, 0.2) is 6.20 Å². The van der Waals surface area contributed by atoms with Gasteiger partial charge in [-0.3, -0.25) is 0 Å². The molecule has 0 saturated heterocycles. The molecule has 12 heavy (non-hydrogen) atoms. The monoisotopic (exact) mass is 165 g/mol. The third-order valence-corrected chi connectivity index (χ3v) is 2.40.